The molecule has 3 rings (SSSR count). The number of fused-ring (bicyclic) bond motifs is 1. The van der Waals surface area contributed by atoms with Gasteiger partial charge in [-0.15, -0.1) is 0 Å². The monoisotopic (exact) mass is 364 g/mol. The number of aromatic amines is 1. The van der Waals surface area contributed by atoms with Gasteiger partial charge in [0.2, 0.25) is 0 Å². The second-order valence-electron chi connectivity index (χ2n) is 6.69. The summed E-state index contributed by atoms with van der Waals surface area (Å²) in [6, 6.07) is 17.9. The maximum Gasteiger partial charge on any atom is 0.310 e. The van der Waals surface area contributed by atoms with Crippen molar-refractivity contribution < 1.29 is 14.3 Å². The van der Waals surface area contributed by atoms with Crippen LogP contribution in [0.5, 0.6) is 0 Å². The lowest BCUT2D eigenvalue weighted by Gasteiger charge is -2.14. The Morgan fingerprint density at radius 3 is 2.63 bits per heavy atom. The van der Waals surface area contributed by atoms with Crippen LogP contribution in [-0.2, 0) is 27.2 Å². The molecule has 1 amide bonds. The number of hydrogen-bond donors (Lipinski definition) is 2. The average Bonchev–Trinajstić information content (AvgIpc) is 3.08. The first kappa shape index (κ1) is 18.7. The van der Waals surface area contributed by atoms with E-state index in [4.69, 9.17) is 4.74 Å². The largest absolute Gasteiger partial charge is 0.455 e. The fourth-order valence-corrected chi connectivity index (χ4v) is 3.05. The number of carbonyl (C=O) groups is 2. The number of nitrogens with one attached hydrogen (secondary N) is 2. The molecule has 0 radical (unpaired) electrons. The van der Waals surface area contributed by atoms with E-state index in [9.17, 15) is 9.59 Å². The van der Waals surface area contributed by atoms with Crippen molar-refractivity contribution in [3.63, 3.8) is 0 Å². The van der Waals surface area contributed by atoms with E-state index in [1.54, 1.807) is 6.20 Å². The number of ether oxygens (including phenoxy) is 1. The van der Waals surface area contributed by atoms with Gasteiger partial charge in [0.05, 0.1) is 6.42 Å². The summed E-state index contributed by atoms with van der Waals surface area (Å²) in [6.45, 7) is 1.70. The van der Waals surface area contributed by atoms with Gasteiger partial charge in [-0.05, 0) is 37.0 Å². The molecule has 5 heteroatoms. The molecule has 2 N–H and O–H groups in total. The predicted octanol–water partition coefficient (Wildman–Crippen LogP) is 3.39. The standard InChI is InChI=1S/C22H24N2O3/c1-16(11-12-17-7-3-2-4-8-17)24-21(25)15-27-22(26)13-18-14-23-20-10-6-5-9-19(18)20/h2-10,14,16,23H,11-13,15H2,1H3,(H,24,25)/t16-/m0/s1. The van der Waals surface area contributed by atoms with Gasteiger partial charge in [0.25, 0.3) is 5.91 Å². The van der Waals surface area contributed by atoms with E-state index in [0.717, 1.165) is 29.3 Å². The molecule has 0 saturated heterocycles. The number of aryl methyl sites for hydroxylation is 1. The fourth-order valence-electron chi connectivity index (χ4n) is 3.05. The van der Waals surface area contributed by atoms with Gasteiger partial charge in [-0.2, -0.15) is 0 Å². The molecule has 5 nitrogen and oxygen atoms in total. The normalized spacial score (nSPS) is 11.9. The number of amides is 1. The molecular formula is C22H24N2O3. The van der Waals surface area contributed by atoms with Gasteiger partial charge in [-0.3, -0.25) is 9.59 Å². The van der Waals surface area contributed by atoms with Crippen molar-refractivity contribution >= 4 is 22.8 Å². The molecule has 2 aromatic carbocycles. The number of H-pyrrole nitrogens is 1. The van der Waals surface area contributed by atoms with Crippen LogP contribution in [-0.4, -0.2) is 29.5 Å². The number of esters is 1. The molecular weight excluding hydrogens is 340 g/mol. The van der Waals surface area contributed by atoms with Crippen molar-refractivity contribution in [1.29, 1.82) is 0 Å². The van der Waals surface area contributed by atoms with Crippen LogP contribution < -0.4 is 5.32 Å². The van der Waals surface area contributed by atoms with Crippen LogP contribution in [0.2, 0.25) is 0 Å². The van der Waals surface area contributed by atoms with Gasteiger partial charge >= 0.3 is 5.97 Å². The zero-order chi connectivity index (χ0) is 19.1. The molecule has 0 bridgehead atoms. The fraction of sp³-hybridized carbons (Fsp3) is 0.273. The maximum absolute atomic E-state index is 12.0. The quantitative estimate of drug-likeness (QED) is 0.602. The highest BCUT2D eigenvalue weighted by molar-refractivity contribution is 5.88. The number of hydrogen-bond acceptors (Lipinski definition) is 3. The van der Waals surface area contributed by atoms with Crippen molar-refractivity contribution in [1.82, 2.24) is 10.3 Å². The minimum absolute atomic E-state index is 0.0185. The molecule has 1 heterocycles. The van der Waals surface area contributed by atoms with Crippen LogP contribution in [0, 0.1) is 0 Å². The minimum atomic E-state index is -0.410. The molecule has 0 spiro atoms. The zero-order valence-corrected chi connectivity index (χ0v) is 15.4. The molecule has 140 valence electrons. The summed E-state index contributed by atoms with van der Waals surface area (Å²) in [7, 11) is 0. The molecule has 0 aliphatic rings. The van der Waals surface area contributed by atoms with Crippen LogP contribution >= 0.6 is 0 Å². The molecule has 0 unspecified atom stereocenters. The highest BCUT2D eigenvalue weighted by atomic mass is 16.5. The van der Waals surface area contributed by atoms with Crippen molar-refractivity contribution in [3.8, 4) is 0 Å². The van der Waals surface area contributed by atoms with Crippen molar-refractivity contribution in [2.75, 3.05) is 6.61 Å². The zero-order valence-electron chi connectivity index (χ0n) is 15.4. The van der Waals surface area contributed by atoms with Crippen LogP contribution in [0.15, 0.2) is 60.8 Å². The van der Waals surface area contributed by atoms with E-state index >= 15 is 0 Å². The Hall–Kier alpha value is -3.08. The van der Waals surface area contributed by atoms with E-state index in [-0.39, 0.29) is 25.0 Å². The summed E-state index contributed by atoms with van der Waals surface area (Å²) in [5.74, 6) is -0.685. The number of benzene rings is 2. The van der Waals surface area contributed by atoms with Crippen molar-refractivity contribution in [3.05, 3.63) is 71.9 Å². The van der Waals surface area contributed by atoms with Crippen molar-refractivity contribution in [2.24, 2.45) is 0 Å². The topological polar surface area (TPSA) is 71.2 Å². The molecule has 0 aliphatic carbocycles. The van der Waals surface area contributed by atoms with Crippen LogP contribution in [0.1, 0.15) is 24.5 Å². The molecule has 0 fully saturated rings. The summed E-state index contributed by atoms with van der Waals surface area (Å²) in [6.07, 6.45) is 3.67. The molecule has 1 atom stereocenters. The second-order valence-corrected chi connectivity index (χ2v) is 6.69. The van der Waals surface area contributed by atoms with Crippen molar-refractivity contribution in [2.45, 2.75) is 32.2 Å². The Bertz CT molecular complexity index is 902. The highest BCUT2D eigenvalue weighted by Crippen LogP contribution is 2.18. The van der Waals surface area contributed by atoms with Crippen LogP contribution in [0.3, 0.4) is 0 Å². The molecule has 0 saturated carbocycles. The number of carbonyl (C=O) groups excluding carboxylic acids is 2. The summed E-state index contributed by atoms with van der Waals surface area (Å²) in [5, 5.41) is 3.87. The highest BCUT2D eigenvalue weighted by Gasteiger charge is 2.13. The Kier molecular flexibility index (Phi) is 6.26. The SMILES string of the molecule is C[C@@H](CCc1ccccc1)NC(=O)COC(=O)Cc1c[nH]c2ccccc12. The second kappa shape index (κ2) is 9.03. The van der Waals surface area contributed by atoms with Gasteiger partial charge in [0.15, 0.2) is 6.61 Å². The molecule has 3 aromatic rings. The number of aromatic nitrogens is 1. The first-order valence-corrected chi connectivity index (χ1v) is 9.15. The third-order valence-corrected chi connectivity index (χ3v) is 4.49. The lowest BCUT2D eigenvalue weighted by atomic mass is 10.1. The average molecular weight is 364 g/mol. The van der Waals surface area contributed by atoms with Crippen LogP contribution in [0.25, 0.3) is 10.9 Å². The predicted molar refractivity (Wildman–Crippen MR) is 105 cm³/mol. The third-order valence-electron chi connectivity index (χ3n) is 4.49. The van der Waals surface area contributed by atoms with Gasteiger partial charge in [-0.1, -0.05) is 48.5 Å². The summed E-state index contributed by atoms with van der Waals surface area (Å²) >= 11 is 0. The molecule has 1 aromatic heterocycles. The first-order valence-electron chi connectivity index (χ1n) is 9.15. The Morgan fingerprint density at radius 1 is 1.07 bits per heavy atom. The summed E-state index contributed by atoms with van der Waals surface area (Å²) in [5.41, 5.74) is 3.08. The summed E-state index contributed by atoms with van der Waals surface area (Å²) < 4.78 is 5.12. The lowest BCUT2D eigenvalue weighted by molar-refractivity contribution is -0.148. The van der Waals surface area contributed by atoms with E-state index < -0.39 is 5.97 Å². The Labute approximate surface area is 158 Å². The van der Waals surface area contributed by atoms with Gasteiger partial charge < -0.3 is 15.0 Å². The van der Waals surface area contributed by atoms with Gasteiger partial charge in [0.1, 0.15) is 0 Å². The van der Waals surface area contributed by atoms with Gasteiger partial charge in [-0.25, -0.2) is 0 Å². The third kappa shape index (κ3) is 5.45. The Balaban J connectivity index is 1.40. The molecule has 0 aliphatic heterocycles. The van der Waals surface area contributed by atoms with E-state index in [0.29, 0.717) is 0 Å². The first-order chi connectivity index (χ1) is 13.1. The number of para-hydroxylation sites is 1. The summed E-state index contributed by atoms with van der Waals surface area (Å²) in [4.78, 5) is 27.2. The smallest absolute Gasteiger partial charge is 0.310 e. The number of rotatable bonds is 8. The maximum atomic E-state index is 12.0. The van der Waals surface area contributed by atoms with Gasteiger partial charge in [0, 0.05) is 23.1 Å². The van der Waals surface area contributed by atoms with E-state index in [1.807, 2.05) is 49.4 Å². The van der Waals surface area contributed by atoms with E-state index in [1.165, 1.54) is 5.56 Å². The Morgan fingerprint density at radius 2 is 1.81 bits per heavy atom. The van der Waals surface area contributed by atoms with E-state index in [2.05, 4.69) is 22.4 Å². The van der Waals surface area contributed by atoms with Crippen LogP contribution in [0.4, 0.5) is 0 Å². The lowest BCUT2D eigenvalue weighted by Crippen LogP contribution is -2.36. The molecule has 27 heavy (non-hydrogen) atoms. The minimum Gasteiger partial charge on any atom is -0.455 e.